The van der Waals surface area contributed by atoms with Crippen molar-refractivity contribution in [2.75, 3.05) is 6.54 Å². The lowest BCUT2D eigenvalue weighted by molar-refractivity contribution is -0.120. The zero-order valence-electron chi connectivity index (χ0n) is 18.6. The van der Waals surface area contributed by atoms with E-state index in [2.05, 4.69) is 10.6 Å². The average molecular weight is 461 g/mol. The smallest absolute Gasteiger partial charge is 0.264 e. The third-order valence-electron chi connectivity index (χ3n) is 5.36. The molecule has 34 heavy (non-hydrogen) atoms. The first-order valence-corrected chi connectivity index (χ1v) is 10.9. The summed E-state index contributed by atoms with van der Waals surface area (Å²) in [5, 5.41) is 12.4. The van der Waals surface area contributed by atoms with Crippen LogP contribution in [0.15, 0.2) is 83.8 Å². The van der Waals surface area contributed by atoms with Crippen LogP contribution in [0, 0.1) is 5.41 Å². The Labute approximate surface area is 197 Å². The molecule has 9 nitrogen and oxygen atoms in total. The van der Waals surface area contributed by atoms with E-state index in [1.807, 2.05) is 60.7 Å². The van der Waals surface area contributed by atoms with Crippen molar-refractivity contribution >= 4 is 17.8 Å². The van der Waals surface area contributed by atoms with Gasteiger partial charge < -0.3 is 26.7 Å². The Bertz CT molecular complexity index is 1150. The van der Waals surface area contributed by atoms with Crippen LogP contribution >= 0.6 is 0 Å². The number of hydrogen-bond donors (Lipinski definition) is 5. The number of amides is 2. The van der Waals surface area contributed by atoms with Gasteiger partial charge in [0.2, 0.25) is 5.91 Å². The second-order valence-electron chi connectivity index (χ2n) is 7.77. The number of rotatable bonds is 10. The molecule has 1 atom stereocenters. The van der Waals surface area contributed by atoms with Gasteiger partial charge in [-0.15, -0.1) is 0 Å². The van der Waals surface area contributed by atoms with Crippen molar-refractivity contribution < 1.29 is 9.59 Å². The zero-order chi connectivity index (χ0) is 24.5. The number of benzene rings is 2. The van der Waals surface area contributed by atoms with Gasteiger partial charge in [0, 0.05) is 12.7 Å². The number of nitrogens with two attached hydrogens (primary N) is 2. The summed E-state index contributed by atoms with van der Waals surface area (Å²) in [5.74, 6) is -1.57. The summed E-state index contributed by atoms with van der Waals surface area (Å²) in [6.07, 6.45) is 2.32. The highest BCUT2D eigenvalue weighted by atomic mass is 16.2. The van der Waals surface area contributed by atoms with Gasteiger partial charge in [0.25, 0.3) is 11.5 Å². The lowest BCUT2D eigenvalue weighted by Crippen LogP contribution is -2.46. The number of pyridine rings is 1. The monoisotopic (exact) mass is 460 g/mol. The van der Waals surface area contributed by atoms with Crippen LogP contribution in [0.25, 0.3) is 0 Å². The van der Waals surface area contributed by atoms with E-state index in [1.165, 1.54) is 10.6 Å². The molecule has 0 aliphatic rings. The van der Waals surface area contributed by atoms with Crippen LogP contribution in [-0.4, -0.2) is 34.9 Å². The third-order valence-corrected chi connectivity index (χ3v) is 5.36. The van der Waals surface area contributed by atoms with E-state index >= 15 is 0 Å². The van der Waals surface area contributed by atoms with Gasteiger partial charge in [-0.1, -0.05) is 60.7 Å². The first kappa shape index (κ1) is 24.2. The Balaban J connectivity index is 1.89. The molecule has 0 fully saturated rings. The van der Waals surface area contributed by atoms with Crippen molar-refractivity contribution in [2.24, 2.45) is 11.5 Å². The minimum atomic E-state index is -0.964. The summed E-state index contributed by atoms with van der Waals surface area (Å²) >= 11 is 0. The van der Waals surface area contributed by atoms with E-state index in [0.29, 0.717) is 13.0 Å². The lowest BCUT2D eigenvalue weighted by Gasteiger charge is -2.22. The first-order valence-electron chi connectivity index (χ1n) is 10.9. The van der Waals surface area contributed by atoms with Crippen molar-refractivity contribution in [3.8, 4) is 0 Å². The van der Waals surface area contributed by atoms with Crippen molar-refractivity contribution in [1.82, 2.24) is 15.2 Å². The molecule has 0 spiro atoms. The van der Waals surface area contributed by atoms with Gasteiger partial charge >= 0.3 is 0 Å². The molecule has 9 heteroatoms. The van der Waals surface area contributed by atoms with Gasteiger partial charge in [-0.2, -0.15) is 0 Å². The number of aromatic nitrogens is 1. The largest absolute Gasteiger partial charge is 0.370 e. The Morgan fingerprint density at radius 1 is 0.912 bits per heavy atom. The molecule has 176 valence electrons. The van der Waals surface area contributed by atoms with Gasteiger partial charge in [0.1, 0.15) is 11.6 Å². The fraction of sp³-hybridized carbons (Fsp3) is 0.200. The van der Waals surface area contributed by atoms with Crippen molar-refractivity contribution in [3.63, 3.8) is 0 Å². The number of carbonyl (C=O) groups is 2. The highest BCUT2D eigenvalue weighted by Crippen LogP contribution is 2.25. The summed E-state index contributed by atoms with van der Waals surface area (Å²) in [6, 6.07) is 20.7. The Morgan fingerprint density at radius 2 is 1.50 bits per heavy atom. The predicted octanol–water partition coefficient (Wildman–Crippen LogP) is 1.33. The molecule has 2 amide bonds. The maximum atomic E-state index is 13.4. The number of carbonyl (C=O) groups excluding carboxylic acids is 2. The number of hydrogen-bond acceptors (Lipinski definition) is 4. The SMILES string of the molecule is N=C(N)NCCC[C@H](NC(=O)c1cccn(C(c2ccccc2)c2ccccc2)c1=O)C(N)=O. The van der Waals surface area contributed by atoms with Gasteiger partial charge in [-0.25, -0.2) is 0 Å². The maximum Gasteiger partial charge on any atom is 0.264 e. The van der Waals surface area contributed by atoms with E-state index in [4.69, 9.17) is 16.9 Å². The van der Waals surface area contributed by atoms with Crippen LogP contribution in [0.1, 0.15) is 40.4 Å². The van der Waals surface area contributed by atoms with Crippen LogP contribution in [0.3, 0.4) is 0 Å². The second kappa shape index (κ2) is 11.5. The molecule has 3 aromatic rings. The van der Waals surface area contributed by atoms with Gasteiger partial charge in [0.05, 0.1) is 6.04 Å². The van der Waals surface area contributed by atoms with E-state index in [-0.39, 0.29) is 17.9 Å². The Hall–Kier alpha value is -4.40. The minimum absolute atomic E-state index is 0.0903. The number of guanidine groups is 1. The molecule has 0 radical (unpaired) electrons. The van der Waals surface area contributed by atoms with Crippen LogP contribution in [0.2, 0.25) is 0 Å². The van der Waals surface area contributed by atoms with Crippen LogP contribution < -0.4 is 27.7 Å². The highest BCUT2D eigenvalue weighted by Gasteiger charge is 2.23. The van der Waals surface area contributed by atoms with E-state index in [0.717, 1.165) is 11.1 Å². The molecule has 0 saturated heterocycles. The van der Waals surface area contributed by atoms with Crippen molar-refractivity contribution in [1.29, 1.82) is 5.41 Å². The van der Waals surface area contributed by atoms with Crippen molar-refractivity contribution in [3.05, 3.63) is 106 Å². The van der Waals surface area contributed by atoms with E-state index in [9.17, 15) is 14.4 Å². The van der Waals surface area contributed by atoms with E-state index in [1.54, 1.807) is 12.3 Å². The van der Waals surface area contributed by atoms with E-state index < -0.39 is 29.5 Å². The van der Waals surface area contributed by atoms with Crippen LogP contribution in [0.4, 0.5) is 0 Å². The van der Waals surface area contributed by atoms with Crippen molar-refractivity contribution in [2.45, 2.75) is 24.9 Å². The second-order valence-corrected chi connectivity index (χ2v) is 7.77. The number of primary amides is 1. The van der Waals surface area contributed by atoms with Crippen LogP contribution in [-0.2, 0) is 4.79 Å². The van der Waals surface area contributed by atoms with Gasteiger partial charge in [-0.05, 0) is 36.1 Å². The summed E-state index contributed by atoms with van der Waals surface area (Å²) in [6.45, 7) is 0.350. The van der Waals surface area contributed by atoms with Crippen LogP contribution in [0.5, 0.6) is 0 Å². The topological polar surface area (TPSA) is 156 Å². The van der Waals surface area contributed by atoms with Gasteiger partial charge in [0.15, 0.2) is 5.96 Å². The summed E-state index contributed by atoms with van der Waals surface area (Å²) in [7, 11) is 0. The lowest BCUT2D eigenvalue weighted by atomic mass is 9.98. The quantitative estimate of drug-likeness (QED) is 0.175. The molecular formula is C25H28N6O3. The summed E-state index contributed by atoms with van der Waals surface area (Å²) in [4.78, 5) is 38.3. The fourth-order valence-corrected chi connectivity index (χ4v) is 3.72. The molecule has 0 aliphatic heterocycles. The highest BCUT2D eigenvalue weighted by molar-refractivity contribution is 5.97. The number of nitrogens with one attached hydrogen (secondary N) is 3. The standard InChI is InChI=1S/C25H28N6O3/c26-22(32)20(14-7-15-29-25(27)28)30-23(33)19-13-8-16-31(24(19)34)21(17-9-3-1-4-10-17)18-11-5-2-6-12-18/h1-6,8-13,16,20-21H,7,14-15H2,(H2,26,32)(H,30,33)(H4,27,28,29)/t20-/m0/s1. The number of nitrogens with zero attached hydrogens (tertiary/aromatic N) is 1. The maximum absolute atomic E-state index is 13.4. The molecular weight excluding hydrogens is 432 g/mol. The average Bonchev–Trinajstić information content (AvgIpc) is 2.83. The molecule has 0 unspecified atom stereocenters. The fourth-order valence-electron chi connectivity index (χ4n) is 3.72. The molecule has 0 saturated carbocycles. The molecule has 7 N–H and O–H groups in total. The van der Waals surface area contributed by atoms with Gasteiger partial charge in [-0.3, -0.25) is 19.8 Å². The normalized spacial score (nSPS) is 11.6. The Kier molecular flexibility index (Phi) is 8.17. The zero-order valence-corrected chi connectivity index (χ0v) is 18.6. The molecule has 1 heterocycles. The molecule has 3 rings (SSSR count). The predicted molar refractivity (Wildman–Crippen MR) is 130 cm³/mol. The molecule has 0 bridgehead atoms. The minimum Gasteiger partial charge on any atom is -0.370 e. The summed E-state index contributed by atoms with van der Waals surface area (Å²) < 4.78 is 1.51. The first-order chi connectivity index (χ1) is 16.4. The Morgan fingerprint density at radius 3 is 2.03 bits per heavy atom. The molecule has 1 aromatic heterocycles. The molecule has 0 aliphatic carbocycles. The summed E-state index contributed by atoms with van der Waals surface area (Å²) in [5.41, 5.74) is 11.9. The third kappa shape index (κ3) is 6.10. The molecule has 2 aromatic carbocycles.